The average Bonchev–Trinajstić information content (AvgIpc) is 2.45. The number of aliphatic carboxylic acids is 1. The van der Waals surface area contributed by atoms with Gasteiger partial charge in [0, 0.05) is 0 Å². The molecule has 0 spiro atoms. The Labute approximate surface area is 121 Å². The Hall–Kier alpha value is -1.10. The maximum absolute atomic E-state index is 12.1. The van der Waals surface area contributed by atoms with Crippen molar-refractivity contribution in [2.45, 2.75) is 76.8 Å². The number of nitrogens with one attached hydrogen (secondary N) is 1. The number of hydrogen-bond acceptors (Lipinski definition) is 3. The molecule has 0 bridgehead atoms. The van der Waals surface area contributed by atoms with E-state index in [9.17, 15) is 14.7 Å². The third-order valence-electron chi connectivity index (χ3n) is 4.51. The van der Waals surface area contributed by atoms with E-state index in [1.165, 1.54) is 0 Å². The SMILES string of the molecule is CCCCC(N)C(=O)NC1(C(=O)O)CCC(CC)CC1. The Balaban J connectivity index is 2.64. The van der Waals surface area contributed by atoms with Crippen LogP contribution in [0.5, 0.6) is 0 Å². The largest absolute Gasteiger partial charge is 0.480 e. The second-order valence-corrected chi connectivity index (χ2v) is 5.98. The zero-order valence-corrected chi connectivity index (χ0v) is 12.7. The van der Waals surface area contributed by atoms with Gasteiger partial charge in [-0.2, -0.15) is 0 Å². The molecular weight excluding hydrogens is 256 g/mol. The number of carbonyl (C=O) groups is 2. The first-order valence-corrected chi connectivity index (χ1v) is 7.76. The van der Waals surface area contributed by atoms with Crippen LogP contribution in [0, 0.1) is 5.92 Å². The van der Waals surface area contributed by atoms with E-state index in [1.807, 2.05) is 6.92 Å². The molecule has 1 saturated carbocycles. The molecule has 1 fully saturated rings. The summed E-state index contributed by atoms with van der Waals surface area (Å²) in [4.78, 5) is 23.7. The van der Waals surface area contributed by atoms with E-state index in [-0.39, 0.29) is 5.91 Å². The molecule has 1 aliphatic rings. The minimum absolute atomic E-state index is 0.323. The highest BCUT2D eigenvalue weighted by Crippen LogP contribution is 2.34. The molecule has 0 aliphatic heterocycles. The zero-order valence-electron chi connectivity index (χ0n) is 12.7. The van der Waals surface area contributed by atoms with Crippen LogP contribution >= 0.6 is 0 Å². The van der Waals surface area contributed by atoms with Gasteiger partial charge in [0.1, 0.15) is 5.54 Å². The highest BCUT2D eigenvalue weighted by Gasteiger charge is 2.43. The predicted molar refractivity (Wildman–Crippen MR) is 78.3 cm³/mol. The minimum atomic E-state index is -1.10. The quantitative estimate of drug-likeness (QED) is 0.667. The first-order chi connectivity index (χ1) is 9.45. The summed E-state index contributed by atoms with van der Waals surface area (Å²) in [5, 5.41) is 12.2. The zero-order chi connectivity index (χ0) is 15.2. The Kier molecular flexibility index (Phi) is 6.46. The van der Waals surface area contributed by atoms with Crippen molar-refractivity contribution >= 4 is 11.9 Å². The van der Waals surface area contributed by atoms with E-state index < -0.39 is 17.6 Å². The Morgan fingerprint density at radius 3 is 2.40 bits per heavy atom. The molecule has 4 N–H and O–H groups in total. The number of carboxylic acids is 1. The van der Waals surface area contributed by atoms with Gasteiger partial charge in [0.25, 0.3) is 0 Å². The molecule has 1 amide bonds. The fourth-order valence-corrected chi connectivity index (χ4v) is 2.85. The highest BCUT2D eigenvalue weighted by atomic mass is 16.4. The highest BCUT2D eigenvalue weighted by molar-refractivity contribution is 5.89. The Bertz CT molecular complexity index is 336. The van der Waals surface area contributed by atoms with Crippen molar-refractivity contribution in [3.8, 4) is 0 Å². The van der Waals surface area contributed by atoms with Gasteiger partial charge in [0.2, 0.25) is 5.91 Å². The summed E-state index contributed by atoms with van der Waals surface area (Å²) < 4.78 is 0. The van der Waals surface area contributed by atoms with Crippen molar-refractivity contribution in [2.24, 2.45) is 11.7 Å². The molecule has 0 radical (unpaired) electrons. The summed E-state index contributed by atoms with van der Waals surface area (Å²) in [5.41, 5.74) is 4.72. The van der Waals surface area contributed by atoms with E-state index >= 15 is 0 Å². The molecule has 0 saturated heterocycles. The lowest BCUT2D eigenvalue weighted by Gasteiger charge is -2.37. The van der Waals surface area contributed by atoms with E-state index in [4.69, 9.17) is 5.73 Å². The van der Waals surface area contributed by atoms with Crippen LogP contribution in [-0.2, 0) is 9.59 Å². The smallest absolute Gasteiger partial charge is 0.329 e. The van der Waals surface area contributed by atoms with Crippen LogP contribution in [0.15, 0.2) is 0 Å². The monoisotopic (exact) mass is 284 g/mol. The molecule has 1 rings (SSSR count). The summed E-state index contributed by atoms with van der Waals surface area (Å²) in [7, 11) is 0. The first-order valence-electron chi connectivity index (χ1n) is 7.76. The van der Waals surface area contributed by atoms with Crippen molar-refractivity contribution in [3.63, 3.8) is 0 Å². The number of unbranched alkanes of at least 4 members (excludes halogenated alkanes) is 1. The van der Waals surface area contributed by atoms with Crippen molar-refractivity contribution in [1.82, 2.24) is 5.32 Å². The molecule has 1 atom stereocenters. The van der Waals surface area contributed by atoms with Crippen molar-refractivity contribution < 1.29 is 14.7 Å². The van der Waals surface area contributed by atoms with Crippen LogP contribution in [0.4, 0.5) is 0 Å². The molecule has 1 aliphatic carbocycles. The van der Waals surface area contributed by atoms with Crippen LogP contribution in [0.3, 0.4) is 0 Å². The molecule has 116 valence electrons. The van der Waals surface area contributed by atoms with Crippen molar-refractivity contribution in [1.29, 1.82) is 0 Å². The molecule has 0 heterocycles. The van der Waals surface area contributed by atoms with Gasteiger partial charge in [-0.1, -0.05) is 33.1 Å². The predicted octanol–water partition coefficient (Wildman–Crippen LogP) is 2.04. The van der Waals surface area contributed by atoms with Crippen LogP contribution < -0.4 is 11.1 Å². The number of rotatable bonds is 7. The van der Waals surface area contributed by atoms with E-state index in [1.54, 1.807) is 0 Å². The van der Waals surface area contributed by atoms with E-state index in [0.717, 1.165) is 32.1 Å². The van der Waals surface area contributed by atoms with Gasteiger partial charge in [-0.3, -0.25) is 4.79 Å². The summed E-state index contributed by atoms with van der Waals surface area (Å²) in [6.45, 7) is 4.16. The summed E-state index contributed by atoms with van der Waals surface area (Å²) in [6, 6.07) is -0.602. The number of carbonyl (C=O) groups excluding carboxylic acids is 1. The number of amides is 1. The Morgan fingerprint density at radius 1 is 1.35 bits per heavy atom. The standard InChI is InChI=1S/C15H28N2O3/c1-3-5-6-12(16)13(18)17-15(14(19)20)9-7-11(4-2)8-10-15/h11-12H,3-10,16H2,1-2H3,(H,17,18)(H,19,20). The number of hydrogen-bond donors (Lipinski definition) is 3. The maximum atomic E-state index is 12.1. The molecule has 1 unspecified atom stereocenters. The van der Waals surface area contributed by atoms with E-state index in [0.29, 0.717) is 25.2 Å². The van der Waals surface area contributed by atoms with Gasteiger partial charge in [0.15, 0.2) is 0 Å². The molecular formula is C15H28N2O3. The van der Waals surface area contributed by atoms with Gasteiger partial charge >= 0.3 is 5.97 Å². The van der Waals surface area contributed by atoms with Crippen LogP contribution in [0.2, 0.25) is 0 Å². The van der Waals surface area contributed by atoms with Crippen LogP contribution in [0.25, 0.3) is 0 Å². The second kappa shape index (κ2) is 7.62. The van der Waals surface area contributed by atoms with Crippen LogP contribution in [-0.4, -0.2) is 28.6 Å². The van der Waals surface area contributed by atoms with Gasteiger partial charge < -0.3 is 16.2 Å². The summed E-state index contributed by atoms with van der Waals surface area (Å²) >= 11 is 0. The fraction of sp³-hybridized carbons (Fsp3) is 0.867. The average molecular weight is 284 g/mol. The molecule has 20 heavy (non-hydrogen) atoms. The van der Waals surface area contributed by atoms with Crippen LogP contribution in [0.1, 0.15) is 65.2 Å². The number of nitrogens with two attached hydrogens (primary N) is 1. The normalized spacial score (nSPS) is 27.9. The van der Waals surface area contributed by atoms with Gasteiger partial charge in [0.05, 0.1) is 6.04 Å². The lowest BCUT2D eigenvalue weighted by Crippen LogP contribution is -2.59. The molecule has 5 heteroatoms. The third-order valence-corrected chi connectivity index (χ3v) is 4.51. The van der Waals surface area contributed by atoms with Crippen molar-refractivity contribution in [3.05, 3.63) is 0 Å². The molecule has 0 aromatic rings. The fourth-order valence-electron chi connectivity index (χ4n) is 2.85. The Morgan fingerprint density at radius 2 is 1.95 bits per heavy atom. The minimum Gasteiger partial charge on any atom is -0.480 e. The van der Waals surface area contributed by atoms with Gasteiger partial charge in [-0.05, 0) is 38.0 Å². The topological polar surface area (TPSA) is 92.4 Å². The van der Waals surface area contributed by atoms with Gasteiger partial charge in [-0.15, -0.1) is 0 Å². The third kappa shape index (κ3) is 4.20. The molecule has 5 nitrogen and oxygen atoms in total. The second-order valence-electron chi connectivity index (χ2n) is 5.98. The summed E-state index contributed by atoms with van der Waals surface area (Å²) in [6.07, 6.45) is 6.26. The first kappa shape index (κ1) is 17.0. The number of carboxylic acid groups (broad SMARTS) is 1. The van der Waals surface area contributed by atoms with Gasteiger partial charge in [-0.25, -0.2) is 4.79 Å². The lowest BCUT2D eigenvalue weighted by molar-refractivity contribution is -0.150. The molecule has 0 aromatic carbocycles. The summed E-state index contributed by atoms with van der Waals surface area (Å²) in [5.74, 6) is -0.674. The van der Waals surface area contributed by atoms with Crippen molar-refractivity contribution in [2.75, 3.05) is 0 Å². The lowest BCUT2D eigenvalue weighted by atomic mass is 9.75. The molecule has 0 aromatic heterocycles. The maximum Gasteiger partial charge on any atom is 0.329 e. The van der Waals surface area contributed by atoms with E-state index in [2.05, 4.69) is 12.2 Å².